The molecule has 0 spiro atoms. The number of anilines is 2. The molecule has 10 heteroatoms. The molecule has 4 nitrogen and oxygen atoms in total. The molecule has 1 amide bonds. The number of nitrogens with one attached hydrogen (secondary N) is 1. The number of hydrogen-bond donors (Lipinski definition) is 1. The van der Waals surface area contributed by atoms with Crippen LogP contribution in [0.2, 0.25) is 0 Å². The Morgan fingerprint density at radius 3 is 1.87 bits per heavy atom. The van der Waals surface area contributed by atoms with Gasteiger partial charge in [0.25, 0.3) is 0 Å². The van der Waals surface area contributed by atoms with E-state index < -0.39 is 29.2 Å². The summed E-state index contributed by atoms with van der Waals surface area (Å²) in [6.45, 7) is 0. The molecule has 3 aromatic rings. The summed E-state index contributed by atoms with van der Waals surface area (Å²) in [5.41, 5.74) is -1.17. The van der Waals surface area contributed by atoms with E-state index in [2.05, 4.69) is 5.43 Å². The molecule has 0 aliphatic heterocycles. The molecule has 162 valence electrons. The van der Waals surface area contributed by atoms with Gasteiger partial charge in [0.05, 0.1) is 22.5 Å². The highest BCUT2D eigenvalue weighted by atomic mass is 19.4. The first kappa shape index (κ1) is 22.0. The molecule has 0 radical (unpaired) electrons. The van der Waals surface area contributed by atoms with Gasteiger partial charge in [-0.25, -0.2) is 5.01 Å². The van der Waals surface area contributed by atoms with E-state index in [0.717, 1.165) is 5.01 Å². The number of para-hydroxylation sites is 1. The lowest BCUT2D eigenvalue weighted by Gasteiger charge is -2.22. The van der Waals surface area contributed by atoms with Crippen molar-refractivity contribution in [3.05, 3.63) is 83.9 Å². The molecule has 0 aliphatic carbocycles. The number of halogens is 6. The molecule has 31 heavy (non-hydrogen) atoms. The van der Waals surface area contributed by atoms with Crippen LogP contribution in [0.15, 0.2) is 72.8 Å². The van der Waals surface area contributed by atoms with Crippen LogP contribution in [0.1, 0.15) is 11.1 Å². The zero-order valence-corrected chi connectivity index (χ0v) is 15.5. The maximum Gasteiger partial charge on any atom is 0.416 e. The lowest BCUT2D eigenvalue weighted by atomic mass is 10.1. The van der Waals surface area contributed by atoms with E-state index in [4.69, 9.17) is 4.74 Å². The number of hydrazine groups is 1. The molecule has 0 unspecified atom stereocenters. The monoisotopic (exact) mass is 440 g/mol. The van der Waals surface area contributed by atoms with Gasteiger partial charge in [0.15, 0.2) is 0 Å². The standard InChI is InChI=1S/C21H14F6N2O2/c22-20(23,24)14-9-15(21(25,26)27)11-16(10-14)28-29(13-30)17-5-4-8-19(12-17)31-18-6-2-1-3-7-18/h1-13,28H. The number of carbonyl (C=O) groups is 1. The molecule has 0 aliphatic rings. The predicted octanol–water partition coefficient (Wildman–Crippen LogP) is 6.51. The third kappa shape index (κ3) is 5.68. The molecule has 0 saturated carbocycles. The van der Waals surface area contributed by atoms with Gasteiger partial charge in [-0.15, -0.1) is 0 Å². The molecule has 0 fully saturated rings. The Morgan fingerprint density at radius 2 is 1.32 bits per heavy atom. The molecule has 0 atom stereocenters. The summed E-state index contributed by atoms with van der Waals surface area (Å²) >= 11 is 0. The fourth-order valence-electron chi connectivity index (χ4n) is 2.63. The van der Waals surface area contributed by atoms with Crippen molar-refractivity contribution >= 4 is 17.8 Å². The minimum absolute atomic E-state index is 0.00471. The molecule has 0 aromatic heterocycles. The van der Waals surface area contributed by atoms with Crippen molar-refractivity contribution in [2.75, 3.05) is 10.4 Å². The largest absolute Gasteiger partial charge is 0.457 e. The molecular weight excluding hydrogens is 426 g/mol. The van der Waals surface area contributed by atoms with Crippen molar-refractivity contribution in [1.82, 2.24) is 0 Å². The summed E-state index contributed by atoms with van der Waals surface area (Å²) in [4.78, 5) is 11.5. The van der Waals surface area contributed by atoms with E-state index in [9.17, 15) is 31.1 Å². The number of benzene rings is 3. The molecule has 3 aromatic carbocycles. The highest BCUT2D eigenvalue weighted by Crippen LogP contribution is 2.38. The number of carbonyl (C=O) groups excluding carboxylic acids is 1. The minimum atomic E-state index is -5.01. The van der Waals surface area contributed by atoms with Crippen molar-refractivity contribution in [2.45, 2.75) is 12.4 Å². The second-order valence-corrected chi connectivity index (χ2v) is 6.29. The van der Waals surface area contributed by atoms with Crippen LogP contribution in [0.4, 0.5) is 37.7 Å². The smallest absolute Gasteiger partial charge is 0.416 e. The second kappa shape index (κ2) is 8.58. The van der Waals surface area contributed by atoms with Crippen LogP contribution in [-0.4, -0.2) is 6.41 Å². The van der Waals surface area contributed by atoms with E-state index >= 15 is 0 Å². The Morgan fingerprint density at radius 1 is 0.742 bits per heavy atom. The zero-order valence-electron chi connectivity index (χ0n) is 15.5. The fourth-order valence-corrected chi connectivity index (χ4v) is 2.63. The first-order valence-electron chi connectivity index (χ1n) is 8.70. The van der Waals surface area contributed by atoms with E-state index in [1.165, 1.54) is 18.2 Å². The summed E-state index contributed by atoms with van der Waals surface area (Å²) in [7, 11) is 0. The molecule has 3 rings (SSSR count). The van der Waals surface area contributed by atoms with Gasteiger partial charge >= 0.3 is 12.4 Å². The minimum Gasteiger partial charge on any atom is -0.457 e. The maximum atomic E-state index is 13.0. The Kier molecular flexibility index (Phi) is 6.09. The van der Waals surface area contributed by atoms with Crippen molar-refractivity contribution in [3.8, 4) is 11.5 Å². The van der Waals surface area contributed by atoms with Crippen molar-refractivity contribution in [3.63, 3.8) is 0 Å². The number of hydrogen-bond acceptors (Lipinski definition) is 3. The summed E-state index contributed by atoms with van der Waals surface area (Å²) < 4.78 is 83.9. The summed E-state index contributed by atoms with van der Waals surface area (Å²) in [6, 6.07) is 15.5. The Labute approximate surface area is 172 Å². The van der Waals surface area contributed by atoms with Gasteiger partial charge in [0.1, 0.15) is 11.5 Å². The molecule has 0 bridgehead atoms. The zero-order chi connectivity index (χ0) is 22.6. The topological polar surface area (TPSA) is 41.6 Å². The van der Waals surface area contributed by atoms with Gasteiger partial charge in [0.2, 0.25) is 6.41 Å². The Hall–Kier alpha value is -3.69. The van der Waals surface area contributed by atoms with E-state index in [1.54, 1.807) is 36.4 Å². The SMILES string of the molecule is O=CN(Nc1cc(C(F)(F)F)cc(C(F)(F)F)c1)c1cccc(Oc2ccccc2)c1. The van der Waals surface area contributed by atoms with Crippen molar-refractivity contribution in [2.24, 2.45) is 0 Å². The van der Waals surface area contributed by atoms with Crippen molar-refractivity contribution < 1.29 is 35.9 Å². The van der Waals surface area contributed by atoms with Gasteiger partial charge in [-0.2, -0.15) is 26.3 Å². The number of ether oxygens (including phenoxy) is 1. The van der Waals surface area contributed by atoms with Crippen LogP contribution in [0.25, 0.3) is 0 Å². The molecule has 1 N–H and O–H groups in total. The van der Waals surface area contributed by atoms with Gasteiger partial charge in [0, 0.05) is 6.07 Å². The van der Waals surface area contributed by atoms with E-state index in [1.807, 2.05) is 0 Å². The Balaban J connectivity index is 1.90. The lowest BCUT2D eigenvalue weighted by Crippen LogP contribution is -2.28. The van der Waals surface area contributed by atoms with Gasteiger partial charge in [-0.1, -0.05) is 24.3 Å². The van der Waals surface area contributed by atoms with Gasteiger partial charge < -0.3 is 4.74 Å². The van der Waals surface area contributed by atoms with Crippen LogP contribution in [0.3, 0.4) is 0 Å². The van der Waals surface area contributed by atoms with Crippen molar-refractivity contribution in [1.29, 1.82) is 0 Å². The number of amides is 1. The van der Waals surface area contributed by atoms with Crippen LogP contribution < -0.4 is 15.2 Å². The lowest BCUT2D eigenvalue weighted by molar-refractivity contribution is -0.143. The maximum absolute atomic E-state index is 13.0. The van der Waals surface area contributed by atoms with E-state index in [-0.39, 0.29) is 18.2 Å². The third-order valence-corrected chi connectivity index (χ3v) is 4.02. The van der Waals surface area contributed by atoms with Gasteiger partial charge in [-0.05, 0) is 42.5 Å². The quantitative estimate of drug-likeness (QED) is 0.270. The first-order valence-corrected chi connectivity index (χ1v) is 8.70. The average molecular weight is 440 g/mol. The molecule has 0 saturated heterocycles. The molecule has 0 heterocycles. The predicted molar refractivity (Wildman–Crippen MR) is 102 cm³/mol. The average Bonchev–Trinajstić information content (AvgIpc) is 2.71. The summed E-state index contributed by atoms with van der Waals surface area (Å²) in [5, 5.41) is 0.744. The Bertz CT molecular complexity index is 1020. The third-order valence-electron chi connectivity index (χ3n) is 4.02. The van der Waals surface area contributed by atoms with Crippen LogP contribution in [0.5, 0.6) is 11.5 Å². The summed E-state index contributed by atoms with van der Waals surface area (Å²) in [6.07, 6.45) is -9.80. The van der Waals surface area contributed by atoms with E-state index in [0.29, 0.717) is 23.6 Å². The fraction of sp³-hybridized carbons (Fsp3) is 0.0952. The van der Waals surface area contributed by atoms with Gasteiger partial charge in [-0.3, -0.25) is 10.2 Å². The number of alkyl halides is 6. The number of rotatable bonds is 6. The molecular formula is C21H14F6N2O2. The number of nitrogens with zero attached hydrogens (tertiary/aromatic N) is 1. The summed E-state index contributed by atoms with van der Waals surface area (Å²) in [5.74, 6) is 0.801. The first-order chi connectivity index (χ1) is 14.6. The van der Waals surface area contributed by atoms with Crippen LogP contribution in [0, 0.1) is 0 Å². The second-order valence-electron chi connectivity index (χ2n) is 6.29. The van der Waals surface area contributed by atoms with Crippen LogP contribution in [-0.2, 0) is 17.1 Å². The highest BCUT2D eigenvalue weighted by molar-refractivity contribution is 5.79. The normalized spacial score (nSPS) is 11.7. The van der Waals surface area contributed by atoms with Crippen LogP contribution >= 0.6 is 0 Å². The highest BCUT2D eigenvalue weighted by Gasteiger charge is 2.37.